The molecule has 0 fully saturated rings. The number of hydrogen-bond acceptors (Lipinski definition) is 3. The lowest BCUT2D eigenvalue weighted by Gasteiger charge is -2.22. The third-order valence-electron chi connectivity index (χ3n) is 4.23. The van der Waals surface area contributed by atoms with Gasteiger partial charge in [0.05, 0.1) is 6.61 Å². The molecule has 0 radical (unpaired) electrons. The van der Waals surface area contributed by atoms with Gasteiger partial charge in [-0.3, -0.25) is 4.79 Å². The fourth-order valence-electron chi connectivity index (χ4n) is 2.64. The number of hydrogen-bond donors (Lipinski definition) is 3. The fraction of sp³-hybridized carbons (Fsp3) is 0.364. The summed E-state index contributed by atoms with van der Waals surface area (Å²) in [5, 5.41) is 8.39. The highest BCUT2D eigenvalue weighted by atomic mass is 16.5. The van der Waals surface area contributed by atoms with E-state index in [2.05, 4.69) is 16.0 Å². The molecule has 0 aliphatic rings. The first kappa shape index (κ1) is 21.4. The van der Waals surface area contributed by atoms with E-state index in [4.69, 9.17) is 4.74 Å². The van der Waals surface area contributed by atoms with Crippen molar-refractivity contribution in [1.82, 2.24) is 10.6 Å². The molecular weight excluding hydrogens is 354 g/mol. The van der Waals surface area contributed by atoms with E-state index >= 15 is 0 Å². The zero-order valence-corrected chi connectivity index (χ0v) is 16.7. The van der Waals surface area contributed by atoms with Crippen LogP contribution in [0.4, 0.5) is 10.5 Å². The van der Waals surface area contributed by atoms with Crippen LogP contribution in [0.15, 0.2) is 54.6 Å². The summed E-state index contributed by atoms with van der Waals surface area (Å²) in [4.78, 5) is 24.8. The molecule has 6 heteroatoms. The Balaban J connectivity index is 1.87. The molecule has 0 spiro atoms. The Kier molecular flexibility index (Phi) is 8.49. The predicted molar refractivity (Wildman–Crippen MR) is 111 cm³/mol. The number of nitrogens with one attached hydrogen (secondary N) is 3. The van der Waals surface area contributed by atoms with Gasteiger partial charge in [-0.2, -0.15) is 0 Å². The van der Waals surface area contributed by atoms with E-state index in [1.54, 1.807) is 12.1 Å². The van der Waals surface area contributed by atoms with Gasteiger partial charge in [-0.1, -0.05) is 56.3 Å². The summed E-state index contributed by atoms with van der Waals surface area (Å²) >= 11 is 0. The van der Waals surface area contributed by atoms with Crippen molar-refractivity contribution in [3.63, 3.8) is 0 Å². The van der Waals surface area contributed by atoms with Crippen LogP contribution < -0.4 is 16.0 Å². The minimum atomic E-state index is -0.624. The van der Waals surface area contributed by atoms with Crippen molar-refractivity contribution in [3.05, 3.63) is 65.7 Å². The van der Waals surface area contributed by atoms with Crippen LogP contribution in [0.3, 0.4) is 0 Å². The van der Waals surface area contributed by atoms with Crippen LogP contribution in [-0.4, -0.2) is 24.6 Å². The van der Waals surface area contributed by atoms with Crippen LogP contribution in [-0.2, 0) is 22.7 Å². The molecule has 3 amide bonds. The minimum Gasteiger partial charge on any atom is -0.377 e. The first-order chi connectivity index (χ1) is 13.5. The van der Waals surface area contributed by atoms with Gasteiger partial charge in [0, 0.05) is 18.8 Å². The van der Waals surface area contributed by atoms with Gasteiger partial charge in [0.2, 0.25) is 5.91 Å². The second kappa shape index (κ2) is 11.1. The van der Waals surface area contributed by atoms with Crippen molar-refractivity contribution < 1.29 is 14.3 Å². The lowest BCUT2D eigenvalue weighted by atomic mass is 10.0. The number of urea groups is 1. The Labute approximate surface area is 166 Å². The van der Waals surface area contributed by atoms with Gasteiger partial charge >= 0.3 is 6.03 Å². The molecule has 1 unspecified atom stereocenters. The van der Waals surface area contributed by atoms with Crippen LogP contribution >= 0.6 is 0 Å². The molecule has 0 heterocycles. The molecule has 0 saturated heterocycles. The molecule has 28 heavy (non-hydrogen) atoms. The lowest BCUT2D eigenvalue weighted by molar-refractivity contribution is -0.124. The van der Waals surface area contributed by atoms with Gasteiger partial charge in [-0.25, -0.2) is 4.79 Å². The van der Waals surface area contributed by atoms with Gasteiger partial charge in [-0.15, -0.1) is 0 Å². The van der Waals surface area contributed by atoms with E-state index in [1.807, 2.05) is 63.2 Å². The smallest absolute Gasteiger partial charge is 0.319 e. The molecule has 0 aliphatic carbocycles. The number of rotatable bonds is 9. The van der Waals surface area contributed by atoms with Gasteiger partial charge in [0.15, 0.2) is 0 Å². The van der Waals surface area contributed by atoms with Crippen LogP contribution in [0.2, 0.25) is 0 Å². The molecular formula is C22H29N3O3. The number of para-hydroxylation sites is 1. The van der Waals surface area contributed by atoms with Crippen LogP contribution in [0.1, 0.15) is 31.9 Å². The van der Waals surface area contributed by atoms with E-state index in [1.165, 1.54) is 0 Å². The number of ether oxygens (including phenoxy) is 1. The standard InChI is InChI=1S/C22H29N3O3/c1-4-28-15-18-12-10-17(11-13-18)14-23-21(26)20(16(2)3)25-22(27)24-19-8-6-5-7-9-19/h5-13,16,20H,4,14-15H2,1-3H3,(H,23,26)(H2,24,25,27). The Hall–Kier alpha value is -2.86. The van der Waals surface area contributed by atoms with E-state index in [0.717, 1.165) is 11.1 Å². The number of amides is 3. The average Bonchev–Trinajstić information content (AvgIpc) is 2.70. The predicted octanol–water partition coefficient (Wildman–Crippen LogP) is 3.69. The van der Waals surface area contributed by atoms with Gasteiger partial charge in [0.1, 0.15) is 6.04 Å². The minimum absolute atomic E-state index is 0.0462. The van der Waals surface area contributed by atoms with Gasteiger partial charge < -0.3 is 20.7 Å². The molecule has 2 aromatic rings. The molecule has 3 N–H and O–H groups in total. The highest BCUT2D eigenvalue weighted by molar-refractivity contribution is 5.93. The van der Waals surface area contributed by atoms with Crippen molar-refractivity contribution in [3.8, 4) is 0 Å². The largest absolute Gasteiger partial charge is 0.377 e. The fourth-order valence-corrected chi connectivity index (χ4v) is 2.64. The Morgan fingerprint density at radius 1 is 0.964 bits per heavy atom. The summed E-state index contributed by atoms with van der Waals surface area (Å²) in [5.41, 5.74) is 2.76. The van der Waals surface area contributed by atoms with E-state index in [9.17, 15) is 9.59 Å². The topological polar surface area (TPSA) is 79.5 Å². The van der Waals surface area contributed by atoms with Crippen molar-refractivity contribution in [2.24, 2.45) is 5.92 Å². The highest BCUT2D eigenvalue weighted by Crippen LogP contribution is 2.08. The maximum atomic E-state index is 12.6. The first-order valence-electron chi connectivity index (χ1n) is 9.55. The molecule has 2 aromatic carbocycles. The summed E-state index contributed by atoms with van der Waals surface area (Å²) in [6, 6.07) is 16.0. The molecule has 0 bridgehead atoms. The summed E-state index contributed by atoms with van der Waals surface area (Å²) in [5.74, 6) is -0.258. The van der Waals surface area contributed by atoms with E-state index < -0.39 is 12.1 Å². The summed E-state index contributed by atoms with van der Waals surface area (Å²) in [6.45, 7) is 7.42. The second-order valence-electron chi connectivity index (χ2n) is 6.86. The van der Waals surface area contributed by atoms with Crippen molar-refractivity contribution in [2.75, 3.05) is 11.9 Å². The SMILES string of the molecule is CCOCc1ccc(CNC(=O)C(NC(=O)Nc2ccccc2)C(C)C)cc1. The van der Waals surface area contributed by atoms with Gasteiger partial charge in [-0.05, 0) is 36.1 Å². The van der Waals surface area contributed by atoms with Crippen molar-refractivity contribution in [2.45, 2.75) is 40.0 Å². The Bertz CT molecular complexity index is 745. The van der Waals surface area contributed by atoms with Crippen molar-refractivity contribution in [1.29, 1.82) is 0 Å². The lowest BCUT2D eigenvalue weighted by Crippen LogP contribution is -2.50. The first-order valence-corrected chi connectivity index (χ1v) is 9.55. The number of anilines is 1. The van der Waals surface area contributed by atoms with Gasteiger partial charge in [0.25, 0.3) is 0 Å². The van der Waals surface area contributed by atoms with Crippen LogP contribution in [0.5, 0.6) is 0 Å². The molecule has 0 aromatic heterocycles. The third-order valence-corrected chi connectivity index (χ3v) is 4.23. The number of benzene rings is 2. The summed E-state index contributed by atoms with van der Waals surface area (Å²) < 4.78 is 5.38. The second-order valence-corrected chi connectivity index (χ2v) is 6.86. The zero-order valence-electron chi connectivity index (χ0n) is 16.7. The number of carbonyl (C=O) groups is 2. The average molecular weight is 383 g/mol. The highest BCUT2D eigenvalue weighted by Gasteiger charge is 2.24. The molecule has 6 nitrogen and oxygen atoms in total. The van der Waals surface area contributed by atoms with Crippen LogP contribution in [0.25, 0.3) is 0 Å². The summed E-state index contributed by atoms with van der Waals surface area (Å²) in [7, 11) is 0. The molecule has 0 saturated carbocycles. The zero-order chi connectivity index (χ0) is 20.4. The quantitative estimate of drug-likeness (QED) is 0.618. The number of carbonyl (C=O) groups excluding carboxylic acids is 2. The maximum Gasteiger partial charge on any atom is 0.319 e. The molecule has 1 atom stereocenters. The van der Waals surface area contributed by atoms with E-state index in [-0.39, 0.29) is 11.8 Å². The third kappa shape index (κ3) is 7.04. The monoisotopic (exact) mass is 383 g/mol. The molecule has 2 rings (SSSR count). The van der Waals surface area contributed by atoms with E-state index in [0.29, 0.717) is 25.4 Å². The molecule has 150 valence electrons. The van der Waals surface area contributed by atoms with Crippen molar-refractivity contribution >= 4 is 17.6 Å². The molecule has 0 aliphatic heterocycles. The summed E-state index contributed by atoms with van der Waals surface area (Å²) in [6.07, 6.45) is 0. The van der Waals surface area contributed by atoms with Crippen LogP contribution in [0, 0.1) is 5.92 Å². The normalized spacial score (nSPS) is 11.7. The maximum absolute atomic E-state index is 12.6. The Morgan fingerprint density at radius 2 is 1.61 bits per heavy atom. The Morgan fingerprint density at radius 3 is 2.21 bits per heavy atom.